The number of hydrogen-bond acceptors (Lipinski definition) is 5. The minimum absolute atomic E-state index is 0.175. The predicted molar refractivity (Wildman–Crippen MR) is 108 cm³/mol. The van der Waals surface area contributed by atoms with Gasteiger partial charge in [-0.2, -0.15) is 17.6 Å². The van der Waals surface area contributed by atoms with E-state index >= 15 is 0 Å². The number of halogens is 5. The van der Waals surface area contributed by atoms with E-state index in [9.17, 15) is 22.0 Å². The summed E-state index contributed by atoms with van der Waals surface area (Å²) in [6, 6.07) is 3.97. The zero-order chi connectivity index (χ0) is 23.8. The molecule has 1 fully saturated rings. The summed E-state index contributed by atoms with van der Waals surface area (Å²) in [7, 11) is 1.15. The molecule has 3 N–H and O–H groups in total. The number of nitrogens with one attached hydrogen (secondary N) is 1. The second-order valence-corrected chi connectivity index (χ2v) is 7.72. The van der Waals surface area contributed by atoms with Gasteiger partial charge in [-0.3, -0.25) is 0 Å². The minimum Gasteiger partial charge on any atom is -0.493 e. The third-order valence-corrected chi connectivity index (χ3v) is 5.92. The summed E-state index contributed by atoms with van der Waals surface area (Å²) in [5.41, 5.74) is 4.99. The van der Waals surface area contributed by atoms with Gasteiger partial charge < -0.3 is 20.2 Å². The Labute approximate surface area is 180 Å². The maximum absolute atomic E-state index is 13.8. The lowest BCUT2D eigenvalue weighted by Crippen LogP contribution is -2.46. The van der Waals surface area contributed by atoms with Gasteiger partial charge in [0.25, 0.3) is 0 Å². The summed E-state index contributed by atoms with van der Waals surface area (Å²) < 4.78 is 77.0. The molecule has 3 aromatic rings. The van der Waals surface area contributed by atoms with E-state index in [1.807, 2.05) is 6.07 Å². The second-order valence-electron chi connectivity index (χ2n) is 7.72. The molecule has 1 aliphatic heterocycles. The fourth-order valence-corrected chi connectivity index (χ4v) is 4.07. The van der Waals surface area contributed by atoms with Gasteiger partial charge in [-0.25, -0.2) is 14.4 Å². The molecule has 1 aliphatic rings. The van der Waals surface area contributed by atoms with E-state index in [0.29, 0.717) is 5.82 Å². The lowest BCUT2D eigenvalue weighted by Gasteiger charge is -2.32. The Morgan fingerprint density at radius 2 is 1.84 bits per heavy atom. The predicted octanol–water partition coefficient (Wildman–Crippen LogP) is 4.97. The molecule has 4 rings (SSSR count). The van der Waals surface area contributed by atoms with Crippen molar-refractivity contribution in [3.63, 3.8) is 0 Å². The van der Waals surface area contributed by atoms with Gasteiger partial charge in [0, 0.05) is 23.6 Å². The second kappa shape index (κ2) is 8.53. The van der Waals surface area contributed by atoms with E-state index in [-0.39, 0.29) is 11.3 Å². The van der Waals surface area contributed by atoms with Crippen LogP contribution in [0.2, 0.25) is 0 Å². The number of rotatable bonds is 2. The highest BCUT2D eigenvalue weighted by Crippen LogP contribution is 2.54. The number of ether oxygens (including phenoxy) is 2. The molecule has 32 heavy (non-hydrogen) atoms. The molecule has 0 radical (unpaired) electrons. The molecule has 1 saturated heterocycles. The Kier molecular flexibility index (Phi) is 6.32. The number of H-pyrrole nitrogens is 1. The molecule has 3 heterocycles. The van der Waals surface area contributed by atoms with Gasteiger partial charge in [0.2, 0.25) is 5.82 Å². The van der Waals surface area contributed by atoms with Crippen LogP contribution in [0.4, 0.5) is 27.8 Å². The van der Waals surface area contributed by atoms with E-state index < -0.39 is 41.4 Å². The maximum Gasteiger partial charge on any atom is 0.417 e. The summed E-state index contributed by atoms with van der Waals surface area (Å²) in [6.07, 6.45) is -2.14. The number of alkyl halides is 3. The highest BCUT2D eigenvalue weighted by molar-refractivity contribution is 5.83. The Balaban J connectivity index is 0.000000238. The number of aromatic amines is 1. The highest BCUT2D eigenvalue weighted by atomic mass is 19.4. The van der Waals surface area contributed by atoms with Crippen molar-refractivity contribution in [1.29, 1.82) is 0 Å². The summed E-state index contributed by atoms with van der Waals surface area (Å²) in [4.78, 5) is 10.8. The van der Waals surface area contributed by atoms with Crippen LogP contribution in [0, 0.1) is 17.6 Å². The van der Waals surface area contributed by atoms with Crippen LogP contribution in [0.3, 0.4) is 0 Å². The van der Waals surface area contributed by atoms with Crippen molar-refractivity contribution in [1.82, 2.24) is 15.0 Å². The van der Waals surface area contributed by atoms with Crippen LogP contribution in [0.5, 0.6) is 5.75 Å². The number of nitrogen functional groups attached to an aromatic ring is 1. The van der Waals surface area contributed by atoms with Gasteiger partial charge in [0.15, 0.2) is 23.0 Å². The van der Waals surface area contributed by atoms with Gasteiger partial charge >= 0.3 is 6.18 Å². The molecule has 0 aliphatic carbocycles. The summed E-state index contributed by atoms with van der Waals surface area (Å²) in [5, 5.41) is 0. The standard InChI is InChI=1S/C15H17F5O2.C6H6N4/c1-7-11(8(2)22-14(7,3)15(18,19)20)9-5-6-10(16)12(17)13(9)21-4;7-6-5-4(1-2-8-6)9-3-10-5/h5-8,11H,1-4H3;1-3H,(H2,7,8)(H,9,10)/t7?,8-,11?,14+;/m0./s1. The number of fused-ring (bicyclic) bond motifs is 1. The van der Waals surface area contributed by atoms with Gasteiger partial charge in [-0.1, -0.05) is 13.0 Å². The van der Waals surface area contributed by atoms with Crippen molar-refractivity contribution < 1.29 is 31.4 Å². The first-order valence-electron chi connectivity index (χ1n) is 9.72. The number of anilines is 1. The Hall–Kier alpha value is -2.95. The third-order valence-electron chi connectivity index (χ3n) is 5.92. The molecule has 0 bridgehead atoms. The smallest absolute Gasteiger partial charge is 0.417 e. The van der Waals surface area contributed by atoms with E-state index in [1.165, 1.54) is 19.9 Å². The van der Waals surface area contributed by atoms with Gasteiger partial charge in [-0.15, -0.1) is 0 Å². The number of imidazole rings is 1. The van der Waals surface area contributed by atoms with Crippen LogP contribution in [0.15, 0.2) is 30.7 Å². The van der Waals surface area contributed by atoms with E-state index in [4.69, 9.17) is 15.2 Å². The lowest BCUT2D eigenvalue weighted by atomic mass is 9.77. The molecule has 6 nitrogen and oxygen atoms in total. The number of benzene rings is 1. The average molecular weight is 458 g/mol. The minimum atomic E-state index is -4.57. The SMILES string of the molecule is COc1c(C2C(C)[C@](C)(C(F)(F)F)O[C@H]2C)ccc(F)c1F.Nc1nccc2[nH]cnc12. The van der Waals surface area contributed by atoms with Crippen LogP contribution >= 0.6 is 0 Å². The van der Waals surface area contributed by atoms with Gasteiger partial charge in [0.1, 0.15) is 5.52 Å². The molecular formula is C21H23F5N4O2. The third kappa shape index (κ3) is 3.96. The first-order valence-corrected chi connectivity index (χ1v) is 9.72. The highest BCUT2D eigenvalue weighted by Gasteiger charge is 2.63. The number of pyridine rings is 1. The van der Waals surface area contributed by atoms with E-state index in [1.54, 1.807) is 12.5 Å². The zero-order valence-electron chi connectivity index (χ0n) is 17.8. The summed E-state index contributed by atoms with van der Waals surface area (Å²) >= 11 is 0. The van der Waals surface area contributed by atoms with Crippen LogP contribution < -0.4 is 10.5 Å². The van der Waals surface area contributed by atoms with Crippen molar-refractivity contribution in [2.24, 2.45) is 5.92 Å². The Morgan fingerprint density at radius 3 is 2.41 bits per heavy atom. The molecule has 4 atom stereocenters. The van der Waals surface area contributed by atoms with Crippen LogP contribution in [0.1, 0.15) is 32.3 Å². The molecule has 1 aromatic carbocycles. The van der Waals surface area contributed by atoms with Crippen LogP contribution in [-0.2, 0) is 4.74 Å². The molecule has 2 unspecified atom stereocenters. The summed E-state index contributed by atoms with van der Waals surface area (Å²) in [6.45, 7) is 3.85. The first-order chi connectivity index (χ1) is 14.9. The van der Waals surface area contributed by atoms with Crippen molar-refractivity contribution in [2.75, 3.05) is 12.8 Å². The number of hydrogen-bond donors (Lipinski definition) is 2. The molecule has 0 saturated carbocycles. The molecular weight excluding hydrogens is 435 g/mol. The fourth-order valence-electron chi connectivity index (χ4n) is 4.07. The fraction of sp³-hybridized carbons (Fsp3) is 0.429. The van der Waals surface area contributed by atoms with E-state index in [2.05, 4.69) is 15.0 Å². The van der Waals surface area contributed by atoms with Crippen LogP contribution in [0.25, 0.3) is 11.0 Å². The largest absolute Gasteiger partial charge is 0.493 e. The molecule has 11 heteroatoms. The molecule has 2 aromatic heterocycles. The Bertz CT molecular complexity index is 1100. The average Bonchev–Trinajstić information content (AvgIpc) is 3.29. The number of methoxy groups -OCH3 is 1. The van der Waals surface area contributed by atoms with Crippen LogP contribution in [-0.4, -0.2) is 39.9 Å². The quantitative estimate of drug-likeness (QED) is 0.530. The lowest BCUT2D eigenvalue weighted by molar-refractivity contribution is -0.273. The number of aromatic nitrogens is 3. The van der Waals surface area contributed by atoms with Crippen molar-refractivity contribution in [2.45, 2.75) is 44.6 Å². The molecule has 0 spiro atoms. The summed E-state index contributed by atoms with van der Waals surface area (Å²) in [5.74, 6) is -3.98. The maximum atomic E-state index is 13.8. The monoisotopic (exact) mass is 458 g/mol. The topological polar surface area (TPSA) is 86.0 Å². The number of nitrogens with zero attached hydrogens (tertiary/aromatic N) is 2. The van der Waals surface area contributed by atoms with E-state index in [0.717, 1.165) is 31.1 Å². The number of nitrogens with two attached hydrogens (primary N) is 1. The first kappa shape index (κ1) is 23.7. The van der Waals surface area contributed by atoms with Crippen molar-refractivity contribution in [3.05, 3.63) is 47.9 Å². The van der Waals surface area contributed by atoms with Gasteiger partial charge in [0.05, 0.1) is 25.1 Å². The Morgan fingerprint density at radius 1 is 1.16 bits per heavy atom. The van der Waals surface area contributed by atoms with Crippen molar-refractivity contribution >= 4 is 16.9 Å². The normalized spacial score (nSPS) is 25.5. The zero-order valence-corrected chi connectivity index (χ0v) is 17.8. The van der Waals surface area contributed by atoms with Crippen molar-refractivity contribution in [3.8, 4) is 5.75 Å². The molecule has 0 amide bonds. The van der Waals surface area contributed by atoms with Gasteiger partial charge in [-0.05, 0) is 26.0 Å². The molecule has 174 valence electrons.